The summed E-state index contributed by atoms with van der Waals surface area (Å²) < 4.78 is 4.62. The fraction of sp³-hybridized carbons (Fsp3) is 0. The van der Waals surface area contributed by atoms with E-state index in [1.807, 2.05) is 18.2 Å². The van der Waals surface area contributed by atoms with E-state index >= 15 is 0 Å². The van der Waals surface area contributed by atoms with Crippen molar-refractivity contribution < 1.29 is 0 Å². The number of rotatable bonds is 5. The molecule has 0 amide bonds. The van der Waals surface area contributed by atoms with Crippen LogP contribution in [0.25, 0.3) is 66.1 Å². The third kappa shape index (κ3) is 3.28. The van der Waals surface area contributed by atoms with Crippen molar-refractivity contribution in [2.75, 3.05) is 0 Å². The minimum atomic E-state index is 1.01. The quantitative estimate of drug-likeness (QED) is 0.214. The first kappa shape index (κ1) is 22.1. The molecule has 0 saturated heterocycles. The van der Waals surface area contributed by atoms with Gasteiger partial charge in [0.05, 0.1) is 22.1 Å². The normalized spacial score (nSPS) is 12.1. The van der Waals surface area contributed by atoms with E-state index in [1.54, 1.807) is 0 Å². The highest BCUT2D eigenvalue weighted by Gasteiger charge is 2.15. The Morgan fingerprint density at radius 1 is 0.526 bits per heavy atom. The Kier molecular flexibility index (Phi) is 5.12. The fourth-order valence-corrected chi connectivity index (χ4v) is 5.79. The van der Waals surface area contributed by atoms with Crippen LogP contribution in [0.4, 0.5) is 0 Å². The van der Waals surface area contributed by atoms with Crippen LogP contribution in [-0.4, -0.2) is 9.13 Å². The summed E-state index contributed by atoms with van der Waals surface area (Å²) in [5.74, 6) is 0. The summed E-state index contributed by atoms with van der Waals surface area (Å²) in [6.07, 6.45) is 5.70. The molecule has 5 aromatic carbocycles. The second-order valence-corrected chi connectivity index (χ2v) is 9.54. The van der Waals surface area contributed by atoms with E-state index < -0.39 is 0 Å². The molecule has 0 atom stereocenters. The summed E-state index contributed by atoms with van der Waals surface area (Å²) in [4.78, 5) is 0. The molecular formula is C36H26N2. The van der Waals surface area contributed by atoms with Crippen LogP contribution in [0.5, 0.6) is 0 Å². The van der Waals surface area contributed by atoms with Gasteiger partial charge in [-0.15, -0.1) is 0 Å². The van der Waals surface area contributed by atoms with Gasteiger partial charge in [0.15, 0.2) is 0 Å². The molecule has 2 nitrogen and oxygen atoms in total. The fourth-order valence-electron chi connectivity index (χ4n) is 5.79. The van der Waals surface area contributed by atoms with Crippen LogP contribution < -0.4 is 0 Å². The summed E-state index contributed by atoms with van der Waals surface area (Å²) in [6, 6.07) is 41.4. The molecule has 2 heterocycles. The van der Waals surface area contributed by atoms with Gasteiger partial charge < -0.3 is 9.13 Å². The third-order valence-electron chi connectivity index (χ3n) is 7.45. The van der Waals surface area contributed by atoms with E-state index in [9.17, 15) is 0 Å². The second kappa shape index (κ2) is 8.79. The number of hydrogen-bond donors (Lipinski definition) is 0. The summed E-state index contributed by atoms with van der Waals surface area (Å²) in [5, 5.41) is 4.97. The Labute approximate surface area is 221 Å². The zero-order valence-electron chi connectivity index (χ0n) is 21.0. The van der Waals surface area contributed by atoms with Crippen molar-refractivity contribution in [2.24, 2.45) is 0 Å². The molecule has 180 valence electrons. The smallest absolute Gasteiger partial charge is 0.0541 e. The third-order valence-corrected chi connectivity index (χ3v) is 7.45. The van der Waals surface area contributed by atoms with Crippen LogP contribution in [0.15, 0.2) is 147 Å². The molecule has 0 radical (unpaired) electrons. The first-order chi connectivity index (χ1) is 18.8. The molecule has 7 rings (SSSR count). The minimum Gasteiger partial charge on any atom is -0.309 e. The monoisotopic (exact) mass is 486 g/mol. The van der Waals surface area contributed by atoms with Gasteiger partial charge >= 0.3 is 0 Å². The van der Waals surface area contributed by atoms with Crippen molar-refractivity contribution in [2.45, 2.75) is 0 Å². The van der Waals surface area contributed by atoms with Crippen molar-refractivity contribution in [3.8, 4) is 16.8 Å². The molecule has 0 unspecified atom stereocenters. The molecule has 7 aromatic rings. The van der Waals surface area contributed by atoms with Crippen molar-refractivity contribution in [1.29, 1.82) is 0 Å². The van der Waals surface area contributed by atoms with E-state index in [0.29, 0.717) is 0 Å². The molecule has 38 heavy (non-hydrogen) atoms. The first-order valence-corrected chi connectivity index (χ1v) is 12.9. The zero-order chi connectivity index (χ0) is 25.6. The Bertz CT molecular complexity index is 2050. The van der Waals surface area contributed by atoms with Crippen LogP contribution in [0, 0.1) is 0 Å². The summed E-state index contributed by atoms with van der Waals surface area (Å²) in [5.41, 5.74) is 9.34. The number of fused-ring (bicyclic) bond motifs is 6. The SMILES string of the molecule is C=C/C=C(\C=C)n1c2ccccc2c2cc(-c3ccc4c(c3)c3ccccc3n4-c3ccccc3)ccc21. The van der Waals surface area contributed by atoms with E-state index in [1.165, 1.54) is 49.4 Å². The predicted molar refractivity (Wildman–Crippen MR) is 164 cm³/mol. The molecule has 0 aliphatic rings. The lowest BCUT2D eigenvalue weighted by Gasteiger charge is -2.09. The Balaban J connectivity index is 1.47. The molecule has 0 aliphatic heterocycles. The molecule has 0 saturated carbocycles. The van der Waals surface area contributed by atoms with Crippen molar-refractivity contribution >= 4 is 49.3 Å². The highest BCUT2D eigenvalue weighted by molar-refractivity contribution is 6.13. The number of benzene rings is 5. The highest BCUT2D eigenvalue weighted by Crippen LogP contribution is 2.38. The largest absolute Gasteiger partial charge is 0.309 e. The van der Waals surface area contributed by atoms with Gasteiger partial charge in [-0.3, -0.25) is 0 Å². The lowest BCUT2D eigenvalue weighted by molar-refractivity contribution is 1.18. The molecular weight excluding hydrogens is 460 g/mol. The van der Waals surface area contributed by atoms with Crippen LogP contribution >= 0.6 is 0 Å². The van der Waals surface area contributed by atoms with Crippen LogP contribution in [0.3, 0.4) is 0 Å². The van der Waals surface area contributed by atoms with Gasteiger partial charge in [-0.1, -0.05) is 86.0 Å². The van der Waals surface area contributed by atoms with Gasteiger partial charge in [-0.2, -0.15) is 0 Å². The molecule has 0 fully saturated rings. The van der Waals surface area contributed by atoms with E-state index in [2.05, 4.69) is 138 Å². The number of allylic oxidation sites excluding steroid dienone is 4. The Morgan fingerprint density at radius 2 is 1.05 bits per heavy atom. The first-order valence-electron chi connectivity index (χ1n) is 12.9. The molecule has 0 aliphatic carbocycles. The second-order valence-electron chi connectivity index (χ2n) is 9.54. The number of para-hydroxylation sites is 3. The van der Waals surface area contributed by atoms with E-state index in [0.717, 1.165) is 16.7 Å². The van der Waals surface area contributed by atoms with Gasteiger partial charge in [-0.05, 0) is 71.8 Å². The highest BCUT2D eigenvalue weighted by atomic mass is 15.0. The van der Waals surface area contributed by atoms with Gasteiger partial charge in [0.2, 0.25) is 0 Å². The Hall–Kier alpha value is -5.08. The number of aromatic nitrogens is 2. The maximum Gasteiger partial charge on any atom is 0.0541 e. The van der Waals surface area contributed by atoms with E-state index in [4.69, 9.17) is 0 Å². The average molecular weight is 487 g/mol. The summed E-state index contributed by atoms with van der Waals surface area (Å²) in [6.45, 7) is 7.95. The molecule has 0 bridgehead atoms. The molecule has 2 heteroatoms. The lowest BCUT2D eigenvalue weighted by Crippen LogP contribution is -1.94. The van der Waals surface area contributed by atoms with Crippen molar-refractivity contribution in [3.63, 3.8) is 0 Å². The van der Waals surface area contributed by atoms with Crippen molar-refractivity contribution in [3.05, 3.63) is 147 Å². The topological polar surface area (TPSA) is 9.86 Å². The maximum absolute atomic E-state index is 4.05. The van der Waals surface area contributed by atoms with Crippen LogP contribution in [-0.2, 0) is 0 Å². The predicted octanol–water partition coefficient (Wildman–Crippen LogP) is 9.77. The maximum atomic E-state index is 4.05. The van der Waals surface area contributed by atoms with Gasteiger partial charge in [0.1, 0.15) is 0 Å². The standard InChI is InChI=1S/C36H26N2/c1-3-12-27(4-2)37-33-17-10-8-15-29(33)31-23-25(19-21-35(31)37)26-20-22-36-32(24-26)30-16-9-11-18-34(30)38(36)28-13-6-5-7-14-28/h3-24H,1-2H2/b27-12+. The molecule has 0 spiro atoms. The number of hydrogen-bond acceptors (Lipinski definition) is 0. The molecule has 2 aromatic heterocycles. The van der Waals surface area contributed by atoms with Gasteiger partial charge in [0, 0.05) is 32.9 Å². The molecule has 0 N–H and O–H groups in total. The van der Waals surface area contributed by atoms with Crippen LogP contribution in [0.1, 0.15) is 0 Å². The summed E-state index contributed by atoms with van der Waals surface area (Å²) in [7, 11) is 0. The van der Waals surface area contributed by atoms with Crippen LogP contribution in [0.2, 0.25) is 0 Å². The summed E-state index contributed by atoms with van der Waals surface area (Å²) >= 11 is 0. The van der Waals surface area contributed by atoms with Gasteiger partial charge in [-0.25, -0.2) is 0 Å². The average Bonchev–Trinajstić information content (AvgIpc) is 3.48. The Morgan fingerprint density at radius 3 is 1.74 bits per heavy atom. The zero-order valence-corrected chi connectivity index (χ0v) is 21.0. The number of nitrogens with zero attached hydrogens (tertiary/aromatic N) is 2. The van der Waals surface area contributed by atoms with E-state index in [-0.39, 0.29) is 0 Å². The van der Waals surface area contributed by atoms with Crippen molar-refractivity contribution in [1.82, 2.24) is 9.13 Å². The van der Waals surface area contributed by atoms with Gasteiger partial charge in [0.25, 0.3) is 0 Å². The minimum absolute atomic E-state index is 1.01. The lowest BCUT2D eigenvalue weighted by atomic mass is 10.0.